The molecule has 0 amide bonds. The molecular weight excluding hydrogens is 174 g/mol. The fourth-order valence-corrected chi connectivity index (χ4v) is 1.84. The van der Waals surface area contributed by atoms with Gasteiger partial charge in [0.2, 0.25) is 0 Å². The number of allylic oxidation sites excluding steroid dienone is 1. The van der Waals surface area contributed by atoms with Crippen molar-refractivity contribution in [1.82, 2.24) is 5.32 Å². The van der Waals surface area contributed by atoms with Crippen molar-refractivity contribution in [1.29, 1.82) is 0 Å². The number of hydrogen-bond donors (Lipinski definition) is 1. The summed E-state index contributed by atoms with van der Waals surface area (Å²) in [5.41, 5.74) is 0.0858. The summed E-state index contributed by atoms with van der Waals surface area (Å²) < 4.78 is 5.71. The lowest BCUT2D eigenvalue weighted by Gasteiger charge is -2.25. The fraction of sp³-hybridized carbons (Fsp3) is 0.833. The van der Waals surface area contributed by atoms with Gasteiger partial charge in [-0.1, -0.05) is 6.08 Å². The Kier molecular flexibility index (Phi) is 4.63. The molecule has 0 bridgehead atoms. The van der Waals surface area contributed by atoms with Crippen LogP contribution in [0.25, 0.3) is 0 Å². The van der Waals surface area contributed by atoms with E-state index in [0.717, 1.165) is 19.6 Å². The van der Waals surface area contributed by atoms with Crippen molar-refractivity contribution in [3.63, 3.8) is 0 Å². The summed E-state index contributed by atoms with van der Waals surface area (Å²) in [6, 6.07) is 0.564. The Bertz CT molecular complexity index is 173. The second kappa shape index (κ2) is 5.52. The van der Waals surface area contributed by atoms with E-state index in [1.165, 1.54) is 19.3 Å². The maximum absolute atomic E-state index is 5.71. The molecule has 0 aromatic carbocycles. The van der Waals surface area contributed by atoms with Gasteiger partial charge in [-0.25, -0.2) is 0 Å². The van der Waals surface area contributed by atoms with Crippen LogP contribution >= 0.6 is 0 Å². The minimum atomic E-state index is 0.0858. The molecular formula is C12H23NO. The highest BCUT2D eigenvalue weighted by molar-refractivity contribution is 4.83. The summed E-state index contributed by atoms with van der Waals surface area (Å²) in [4.78, 5) is 0. The van der Waals surface area contributed by atoms with E-state index < -0.39 is 0 Å². The van der Waals surface area contributed by atoms with Crippen LogP contribution in [-0.2, 0) is 4.74 Å². The molecule has 2 unspecified atom stereocenters. The van der Waals surface area contributed by atoms with Gasteiger partial charge in [0.25, 0.3) is 0 Å². The first kappa shape index (κ1) is 11.7. The van der Waals surface area contributed by atoms with E-state index in [-0.39, 0.29) is 5.60 Å². The lowest BCUT2D eigenvalue weighted by molar-refractivity contribution is 0.0190. The number of ether oxygens (including phenoxy) is 1. The molecule has 1 N–H and O–H groups in total. The molecule has 1 fully saturated rings. The first-order valence-corrected chi connectivity index (χ1v) is 5.64. The second-order valence-corrected chi connectivity index (χ2v) is 4.55. The monoisotopic (exact) mass is 197 g/mol. The van der Waals surface area contributed by atoms with Crippen LogP contribution in [0, 0.1) is 0 Å². The Morgan fingerprint density at radius 1 is 1.64 bits per heavy atom. The van der Waals surface area contributed by atoms with Gasteiger partial charge in [0.05, 0.1) is 5.60 Å². The molecule has 82 valence electrons. The molecule has 0 aromatic heterocycles. The number of hydrogen-bond acceptors (Lipinski definition) is 2. The minimum absolute atomic E-state index is 0.0858. The Labute approximate surface area is 87.7 Å². The van der Waals surface area contributed by atoms with Crippen molar-refractivity contribution in [2.45, 2.75) is 51.2 Å². The second-order valence-electron chi connectivity index (χ2n) is 4.55. The zero-order valence-electron chi connectivity index (χ0n) is 9.51. The van der Waals surface area contributed by atoms with E-state index in [4.69, 9.17) is 4.74 Å². The van der Waals surface area contributed by atoms with Gasteiger partial charge in [-0.05, 0) is 39.5 Å². The van der Waals surface area contributed by atoms with E-state index in [9.17, 15) is 0 Å². The van der Waals surface area contributed by atoms with Crippen molar-refractivity contribution < 1.29 is 4.74 Å². The molecule has 1 saturated heterocycles. The Hall–Kier alpha value is -0.340. The third kappa shape index (κ3) is 3.81. The zero-order chi connectivity index (χ0) is 10.4. The van der Waals surface area contributed by atoms with Crippen molar-refractivity contribution in [3.05, 3.63) is 12.7 Å². The van der Waals surface area contributed by atoms with Gasteiger partial charge in [0.1, 0.15) is 0 Å². The van der Waals surface area contributed by atoms with Crippen molar-refractivity contribution in [2.24, 2.45) is 0 Å². The van der Waals surface area contributed by atoms with Crippen LogP contribution in [-0.4, -0.2) is 24.8 Å². The molecule has 0 aliphatic carbocycles. The molecule has 0 spiro atoms. The average molecular weight is 197 g/mol. The number of rotatable bonds is 6. The van der Waals surface area contributed by atoms with Crippen molar-refractivity contribution in [3.8, 4) is 0 Å². The maximum atomic E-state index is 5.71. The van der Waals surface area contributed by atoms with Gasteiger partial charge >= 0.3 is 0 Å². The molecule has 14 heavy (non-hydrogen) atoms. The van der Waals surface area contributed by atoms with Gasteiger partial charge in [-0.2, -0.15) is 0 Å². The van der Waals surface area contributed by atoms with E-state index in [1.807, 2.05) is 6.08 Å². The van der Waals surface area contributed by atoms with E-state index in [1.54, 1.807) is 0 Å². The lowest BCUT2D eigenvalue weighted by Crippen LogP contribution is -2.41. The molecule has 2 heteroatoms. The molecule has 0 aromatic rings. The summed E-state index contributed by atoms with van der Waals surface area (Å²) in [6.45, 7) is 10.1. The molecule has 1 aliphatic rings. The quantitative estimate of drug-likeness (QED) is 0.661. The van der Waals surface area contributed by atoms with Crippen LogP contribution < -0.4 is 5.32 Å². The zero-order valence-corrected chi connectivity index (χ0v) is 9.51. The van der Waals surface area contributed by atoms with Crippen LogP contribution in [0.15, 0.2) is 12.7 Å². The maximum Gasteiger partial charge on any atom is 0.0779 e. The molecule has 2 nitrogen and oxygen atoms in total. The lowest BCUT2D eigenvalue weighted by atomic mass is 10.0. The molecule has 1 aliphatic heterocycles. The molecule has 1 heterocycles. The summed E-state index contributed by atoms with van der Waals surface area (Å²) in [6.07, 6.45) is 6.63. The normalized spacial score (nSPS) is 29.0. The van der Waals surface area contributed by atoms with E-state index >= 15 is 0 Å². The highest BCUT2D eigenvalue weighted by Gasteiger charge is 2.29. The van der Waals surface area contributed by atoms with Crippen LogP contribution in [0.4, 0.5) is 0 Å². The SMILES string of the molecule is C=CCCC(C)NCC1(C)CCCO1. The van der Waals surface area contributed by atoms with E-state index in [0.29, 0.717) is 6.04 Å². The standard InChI is InChI=1S/C12H23NO/c1-4-5-7-11(2)13-10-12(3)8-6-9-14-12/h4,11,13H,1,5-10H2,2-3H3. The van der Waals surface area contributed by atoms with Crippen LogP contribution in [0.3, 0.4) is 0 Å². The summed E-state index contributed by atoms with van der Waals surface area (Å²) in [7, 11) is 0. The van der Waals surface area contributed by atoms with Crippen LogP contribution in [0.5, 0.6) is 0 Å². The minimum Gasteiger partial charge on any atom is -0.374 e. The van der Waals surface area contributed by atoms with Gasteiger partial charge in [-0.15, -0.1) is 6.58 Å². The number of nitrogens with one attached hydrogen (secondary N) is 1. The first-order valence-electron chi connectivity index (χ1n) is 5.64. The van der Waals surface area contributed by atoms with Crippen LogP contribution in [0.1, 0.15) is 39.5 Å². The highest BCUT2D eigenvalue weighted by Crippen LogP contribution is 2.24. The van der Waals surface area contributed by atoms with Gasteiger partial charge in [0.15, 0.2) is 0 Å². The topological polar surface area (TPSA) is 21.3 Å². The van der Waals surface area contributed by atoms with Crippen molar-refractivity contribution >= 4 is 0 Å². The Balaban J connectivity index is 2.15. The fourth-order valence-electron chi connectivity index (χ4n) is 1.84. The third-order valence-corrected chi connectivity index (χ3v) is 2.93. The van der Waals surface area contributed by atoms with Gasteiger partial charge < -0.3 is 10.1 Å². The van der Waals surface area contributed by atoms with Crippen molar-refractivity contribution in [2.75, 3.05) is 13.2 Å². The van der Waals surface area contributed by atoms with Crippen LogP contribution in [0.2, 0.25) is 0 Å². The smallest absolute Gasteiger partial charge is 0.0779 e. The Morgan fingerprint density at radius 2 is 2.43 bits per heavy atom. The largest absolute Gasteiger partial charge is 0.374 e. The van der Waals surface area contributed by atoms with Gasteiger partial charge in [0, 0.05) is 19.2 Å². The molecule has 1 rings (SSSR count). The van der Waals surface area contributed by atoms with E-state index in [2.05, 4.69) is 25.7 Å². The molecule has 0 saturated carbocycles. The highest BCUT2D eigenvalue weighted by atomic mass is 16.5. The first-order chi connectivity index (χ1) is 6.66. The summed E-state index contributed by atoms with van der Waals surface area (Å²) in [5, 5.41) is 3.53. The molecule has 2 atom stereocenters. The Morgan fingerprint density at radius 3 is 3.00 bits per heavy atom. The summed E-state index contributed by atoms with van der Waals surface area (Å²) >= 11 is 0. The average Bonchev–Trinajstić information content (AvgIpc) is 2.60. The predicted molar refractivity (Wildman–Crippen MR) is 60.5 cm³/mol. The summed E-state index contributed by atoms with van der Waals surface area (Å²) in [5.74, 6) is 0. The van der Waals surface area contributed by atoms with Gasteiger partial charge in [-0.3, -0.25) is 0 Å². The third-order valence-electron chi connectivity index (χ3n) is 2.93. The molecule has 0 radical (unpaired) electrons. The predicted octanol–water partition coefficient (Wildman–Crippen LogP) is 2.50.